The van der Waals surface area contributed by atoms with E-state index in [1.807, 2.05) is 18.8 Å². The molecule has 0 aliphatic rings. The normalized spacial score (nSPS) is 13.2. The van der Waals surface area contributed by atoms with E-state index in [2.05, 4.69) is 6.58 Å². The Morgan fingerprint density at radius 3 is 2.79 bits per heavy atom. The summed E-state index contributed by atoms with van der Waals surface area (Å²) in [5, 5.41) is 0. The van der Waals surface area contributed by atoms with Gasteiger partial charge in [0.25, 0.3) is 0 Å². The van der Waals surface area contributed by atoms with Gasteiger partial charge < -0.3 is 0 Å². The third kappa shape index (κ3) is 6.37. The van der Waals surface area contributed by atoms with E-state index < -0.39 is 19.8 Å². The van der Waals surface area contributed by atoms with Gasteiger partial charge in [-0.3, -0.25) is 0 Å². The molecule has 1 atom stereocenters. The fourth-order valence-corrected chi connectivity index (χ4v) is 2.00. The van der Waals surface area contributed by atoms with Crippen LogP contribution in [0.15, 0.2) is 12.7 Å². The number of rotatable bonds is 7. The molecule has 0 aromatic heterocycles. The Bertz CT molecular complexity index is 182. The molecule has 0 spiro atoms. The minimum absolute atomic E-state index is 0.00533. The van der Waals surface area contributed by atoms with Crippen LogP contribution < -0.4 is 0 Å². The molecule has 14 heavy (non-hydrogen) atoms. The summed E-state index contributed by atoms with van der Waals surface area (Å²) in [4.78, 5) is 13.3. The van der Waals surface area contributed by atoms with Crippen molar-refractivity contribution in [3.63, 3.8) is 0 Å². The molecule has 0 saturated carbocycles. The summed E-state index contributed by atoms with van der Waals surface area (Å²) in [6.45, 7) is 8.32. The maximum absolute atomic E-state index is 11.3. The molecule has 84 valence electrons. The average Bonchev–Trinajstić information content (AvgIpc) is 2.21. The first-order valence-corrected chi connectivity index (χ1v) is 9.33. The Labute approximate surface area is 93.2 Å². The molecule has 0 aromatic carbocycles. The van der Waals surface area contributed by atoms with Crippen LogP contribution in [-0.4, -0.2) is 32.7 Å². The van der Waals surface area contributed by atoms with E-state index >= 15 is 0 Å². The summed E-state index contributed by atoms with van der Waals surface area (Å²) >= 11 is -1.46. The van der Waals surface area contributed by atoms with Gasteiger partial charge in [-0.1, -0.05) is 0 Å². The van der Waals surface area contributed by atoms with Crippen LogP contribution in [0.4, 0.5) is 4.79 Å². The second kappa shape index (κ2) is 8.23. The molecule has 0 aliphatic carbocycles. The molecule has 4 heteroatoms. The average molecular weight is 314 g/mol. The number of carbonyl (C=O) groups excluding carboxylic acids is 1. The Morgan fingerprint density at radius 1 is 1.64 bits per heavy atom. The fourth-order valence-electron chi connectivity index (χ4n) is 0.666. The Kier molecular flexibility index (Phi) is 8.17. The first-order chi connectivity index (χ1) is 6.61. The predicted molar refractivity (Wildman–Crippen MR) is 67.4 cm³/mol. The third-order valence-corrected chi connectivity index (χ3v) is 5.70. The molecule has 0 fully saturated rings. The van der Waals surface area contributed by atoms with Gasteiger partial charge in [0.2, 0.25) is 0 Å². The first kappa shape index (κ1) is 13.9. The van der Waals surface area contributed by atoms with Crippen molar-refractivity contribution < 1.29 is 14.3 Å². The van der Waals surface area contributed by atoms with Crippen molar-refractivity contribution in [1.29, 1.82) is 0 Å². The quantitative estimate of drug-likeness (QED) is 0.314. The van der Waals surface area contributed by atoms with E-state index in [-0.39, 0.29) is 10.1 Å². The van der Waals surface area contributed by atoms with E-state index in [1.165, 1.54) is 0 Å². The molecular formula is C10H19IO3. The molecule has 1 unspecified atom stereocenters. The molecule has 0 saturated heterocycles. The van der Waals surface area contributed by atoms with Crippen molar-refractivity contribution in [2.75, 3.05) is 22.6 Å². The SMILES string of the molecule is C=CCOC(C)COC(=O)I(C)CC. The second-order valence-electron chi connectivity index (χ2n) is 2.84. The van der Waals surface area contributed by atoms with Gasteiger partial charge in [-0.15, -0.1) is 0 Å². The van der Waals surface area contributed by atoms with Crippen LogP contribution in [-0.2, 0) is 9.47 Å². The third-order valence-electron chi connectivity index (χ3n) is 1.59. The van der Waals surface area contributed by atoms with Crippen LogP contribution in [0.3, 0.4) is 0 Å². The molecule has 0 heterocycles. The van der Waals surface area contributed by atoms with Gasteiger partial charge in [0.05, 0.1) is 0 Å². The van der Waals surface area contributed by atoms with Gasteiger partial charge in [-0.25, -0.2) is 0 Å². The van der Waals surface area contributed by atoms with Crippen molar-refractivity contribution in [2.45, 2.75) is 20.0 Å². The first-order valence-electron chi connectivity index (χ1n) is 4.56. The Balaban J connectivity index is 3.60. The van der Waals surface area contributed by atoms with Crippen LogP contribution >= 0.6 is 19.8 Å². The van der Waals surface area contributed by atoms with E-state index in [0.29, 0.717) is 13.2 Å². The Hall–Kier alpha value is -0.100. The maximum atomic E-state index is 11.3. The van der Waals surface area contributed by atoms with Gasteiger partial charge in [0, 0.05) is 0 Å². The van der Waals surface area contributed by atoms with Gasteiger partial charge in [0.1, 0.15) is 0 Å². The van der Waals surface area contributed by atoms with Crippen molar-refractivity contribution in [1.82, 2.24) is 0 Å². The monoisotopic (exact) mass is 314 g/mol. The molecule has 0 amide bonds. The van der Waals surface area contributed by atoms with Gasteiger partial charge in [-0.05, 0) is 0 Å². The van der Waals surface area contributed by atoms with Crippen molar-refractivity contribution in [3.8, 4) is 0 Å². The topological polar surface area (TPSA) is 35.5 Å². The number of ether oxygens (including phenoxy) is 2. The zero-order valence-electron chi connectivity index (χ0n) is 9.09. The summed E-state index contributed by atoms with van der Waals surface area (Å²) in [6.07, 6.45) is 1.64. The van der Waals surface area contributed by atoms with Crippen LogP contribution in [0.2, 0.25) is 0 Å². The van der Waals surface area contributed by atoms with E-state index in [1.54, 1.807) is 6.08 Å². The zero-order valence-corrected chi connectivity index (χ0v) is 11.2. The van der Waals surface area contributed by atoms with Gasteiger partial charge >= 0.3 is 93.2 Å². The zero-order chi connectivity index (χ0) is 11.0. The summed E-state index contributed by atoms with van der Waals surface area (Å²) < 4.78 is 11.4. The predicted octanol–water partition coefficient (Wildman–Crippen LogP) is 2.87. The van der Waals surface area contributed by atoms with E-state index in [9.17, 15) is 4.79 Å². The molecule has 0 bridgehead atoms. The van der Waals surface area contributed by atoms with Crippen molar-refractivity contribution in [3.05, 3.63) is 12.7 Å². The van der Waals surface area contributed by atoms with Crippen LogP contribution in [0.25, 0.3) is 0 Å². The van der Waals surface area contributed by atoms with Crippen LogP contribution in [0.1, 0.15) is 13.8 Å². The molecule has 0 radical (unpaired) electrons. The molecular weight excluding hydrogens is 295 g/mol. The minimum atomic E-state index is -1.46. The van der Waals surface area contributed by atoms with Crippen LogP contribution in [0.5, 0.6) is 0 Å². The Morgan fingerprint density at radius 2 is 2.29 bits per heavy atom. The van der Waals surface area contributed by atoms with Crippen molar-refractivity contribution in [2.24, 2.45) is 0 Å². The number of halogens is 1. The number of hydrogen-bond acceptors (Lipinski definition) is 3. The number of carbonyl (C=O) groups is 1. The summed E-state index contributed by atoms with van der Waals surface area (Å²) in [5.41, 5.74) is 0. The standard InChI is InChI=1S/C10H19IO3/c1-5-7-13-9(3)8-14-10(12)11(4)6-2/h5,9H,1,6-8H2,2-4H3. The van der Waals surface area contributed by atoms with Gasteiger partial charge in [0.15, 0.2) is 0 Å². The van der Waals surface area contributed by atoms with E-state index in [0.717, 1.165) is 4.43 Å². The fraction of sp³-hybridized carbons (Fsp3) is 0.700. The molecule has 3 nitrogen and oxygen atoms in total. The summed E-state index contributed by atoms with van der Waals surface area (Å²) in [7, 11) is 0. The molecule has 0 N–H and O–H groups in total. The van der Waals surface area contributed by atoms with E-state index in [4.69, 9.17) is 9.47 Å². The summed E-state index contributed by atoms with van der Waals surface area (Å²) in [6, 6.07) is 0. The second-order valence-corrected chi connectivity index (χ2v) is 8.61. The summed E-state index contributed by atoms with van der Waals surface area (Å²) in [5.74, 6) is 0. The molecule has 0 aliphatic heterocycles. The molecule has 0 rings (SSSR count). The van der Waals surface area contributed by atoms with Gasteiger partial charge in [-0.2, -0.15) is 0 Å². The number of alkyl halides is 2. The molecule has 0 aromatic rings. The van der Waals surface area contributed by atoms with Crippen molar-refractivity contribution >= 4 is 23.8 Å². The van der Waals surface area contributed by atoms with Crippen LogP contribution in [0, 0.1) is 0 Å². The number of hydrogen-bond donors (Lipinski definition) is 0.